The number of aromatic hydroxyl groups is 1. The van der Waals surface area contributed by atoms with Gasteiger partial charge in [-0.3, -0.25) is 0 Å². The average Bonchev–Trinajstić information content (AvgIpc) is 2.36. The summed E-state index contributed by atoms with van der Waals surface area (Å²) in [4.78, 5) is 0. The summed E-state index contributed by atoms with van der Waals surface area (Å²) in [6.45, 7) is 1.76. The normalized spacial score (nSPS) is 12.2. The zero-order valence-electron chi connectivity index (χ0n) is 10.1. The molecule has 2 aromatic rings. The Morgan fingerprint density at radius 1 is 1.16 bits per heavy atom. The first-order valence-corrected chi connectivity index (χ1v) is 6.46. The van der Waals surface area contributed by atoms with Crippen LogP contribution in [-0.4, -0.2) is 5.11 Å². The Labute approximate surface area is 118 Å². The summed E-state index contributed by atoms with van der Waals surface area (Å²) in [5, 5.41) is 12.7. The molecule has 100 valence electrons. The molecule has 2 N–H and O–H groups in total. The van der Waals surface area contributed by atoms with Crippen LogP contribution in [0.2, 0.25) is 0 Å². The van der Waals surface area contributed by atoms with Gasteiger partial charge in [0.25, 0.3) is 0 Å². The molecule has 0 bridgehead atoms. The molecule has 0 saturated heterocycles. The Kier molecular flexibility index (Phi) is 4.04. The van der Waals surface area contributed by atoms with Crippen molar-refractivity contribution in [3.63, 3.8) is 0 Å². The highest BCUT2D eigenvalue weighted by atomic mass is 79.9. The summed E-state index contributed by atoms with van der Waals surface area (Å²) >= 11 is 3.07. The second kappa shape index (κ2) is 5.57. The van der Waals surface area contributed by atoms with Crippen molar-refractivity contribution in [3.8, 4) is 5.75 Å². The van der Waals surface area contributed by atoms with Gasteiger partial charge in [0.2, 0.25) is 0 Å². The van der Waals surface area contributed by atoms with E-state index in [1.807, 2.05) is 0 Å². The predicted molar refractivity (Wildman–Crippen MR) is 74.2 cm³/mol. The van der Waals surface area contributed by atoms with Crippen LogP contribution in [0.3, 0.4) is 0 Å². The van der Waals surface area contributed by atoms with Gasteiger partial charge in [-0.05, 0) is 59.3 Å². The van der Waals surface area contributed by atoms with Gasteiger partial charge in [0.15, 0.2) is 0 Å². The molecule has 0 heterocycles. The number of rotatable bonds is 3. The van der Waals surface area contributed by atoms with Crippen molar-refractivity contribution in [1.29, 1.82) is 0 Å². The van der Waals surface area contributed by atoms with E-state index >= 15 is 0 Å². The second-order valence-corrected chi connectivity index (χ2v) is 5.05. The lowest BCUT2D eigenvalue weighted by Gasteiger charge is -2.17. The van der Waals surface area contributed by atoms with E-state index in [9.17, 15) is 13.9 Å². The maximum Gasteiger partial charge on any atom is 0.139 e. The van der Waals surface area contributed by atoms with E-state index < -0.39 is 5.82 Å². The molecule has 1 atom stereocenters. The number of phenols is 1. The Bertz CT molecular complexity index is 604. The highest BCUT2D eigenvalue weighted by molar-refractivity contribution is 9.10. The van der Waals surface area contributed by atoms with Crippen LogP contribution in [-0.2, 0) is 0 Å². The molecule has 0 saturated carbocycles. The second-order valence-electron chi connectivity index (χ2n) is 4.20. The van der Waals surface area contributed by atoms with E-state index in [4.69, 9.17) is 0 Å². The largest absolute Gasteiger partial charge is 0.508 e. The van der Waals surface area contributed by atoms with E-state index in [0.29, 0.717) is 15.7 Å². The summed E-state index contributed by atoms with van der Waals surface area (Å²) in [5.41, 5.74) is 0.972. The van der Waals surface area contributed by atoms with Gasteiger partial charge >= 0.3 is 0 Å². The molecular formula is C14H12BrF2NO. The smallest absolute Gasteiger partial charge is 0.139 e. The lowest BCUT2D eigenvalue weighted by atomic mass is 10.1. The lowest BCUT2D eigenvalue weighted by molar-refractivity contribution is 0.462. The third-order valence-corrected chi connectivity index (χ3v) is 3.40. The monoisotopic (exact) mass is 327 g/mol. The molecule has 0 aliphatic heterocycles. The van der Waals surface area contributed by atoms with Gasteiger partial charge in [-0.2, -0.15) is 0 Å². The number of halogens is 3. The van der Waals surface area contributed by atoms with Crippen LogP contribution < -0.4 is 5.32 Å². The van der Waals surface area contributed by atoms with Crippen molar-refractivity contribution in [2.75, 3.05) is 5.32 Å². The number of nitrogens with one attached hydrogen (secondary N) is 1. The van der Waals surface area contributed by atoms with E-state index in [1.54, 1.807) is 19.1 Å². The Hall–Kier alpha value is -1.62. The average molecular weight is 328 g/mol. The van der Waals surface area contributed by atoms with Gasteiger partial charge in [-0.25, -0.2) is 8.78 Å². The van der Waals surface area contributed by atoms with Crippen molar-refractivity contribution in [1.82, 2.24) is 0 Å². The van der Waals surface area contributed by atoms with Gasteiger partial charge in [0.05, 0.1) is 10.5 Å². The fourth-order valence-electron chi connectivity index (χ4n) is 1.79. The first kappa shape index (κ1) is 13.8. The van der Waals surface area contributed by atoms with E-state index in [1.165, 1.54) is 24.3 Å². The minimum Gasteiger partial charge on any atom is -0.508 e. The van der Waals surface area contributed by atoms with Gasteiger partial charge < -0.3 is 10.4 Å². The molecule has 0 spiro atoms. The number of hydrogen-bond acceptors (Lipinski definition) is 2. The first-order valence-electron chi connectivity index (χ1n) is 5.67. The van der Waals surface area contributed by atoms with Crippen molar-refractivity contribution in [2.45, 2.75) is 13.0 Å². The summed E-state index contributed by atoms with van der Waals surface area (Å²) in [6, 6.07) is 7.99. The highest BCUT2D eigenvalue weighted by Crippen LogP contribution is 2.28. The third-order valence-electron chi connectivity index (χ3n) is 2.76. The van der Waals surface area contributed by atoms with Crippen LogP contribution in [0.5, 0.6) is 5.75 Å². The molecule has 0 fully saturated rings. The number of phenolic OH excluding ortho intramolecular Hbond substituents is 1. The van der Waals surface area contributed by atoms with Crippen LogP contribution in [0.15, 0.2) is 40.9 Å². The predicted octanol–water partition coefficient (Wildman–Crippen LogP) is 4.61. The van der Waals surface area contributed by atoms with Crippen molar-refractivity contribution >= 4 is 21.6 Å². The first-order chi connectivity index (χ1) is 8.97. The minimum atomic E-state index is -0.427. The number of hydrogen-bond donors (Lipinski definition) is 2. The van der Waals surface area contributed by atoms with Gasteiger partial charge in [0.1, 0.15) is 17.4 Å². The molecule has 5 heteroatoms. The maximum atomic E-state index is 13.4. The van der Waals surface area contributed by atoms with Crippen LogP contribution in [0.4, 0.5) is 14.5 Å². The molecular weight excluding hydrogens is 316 g/mol. The van der Waals surface area contributed by atoms with Crippen molar-refractivity contribution in [3.05, 3.63) is 58.1 Å². The summed E-state index contributed by atoms with van der Waals surface area (Å²) in [7, 11) is 0. The molecule has 0 aliphatic rings. The highest BCUT2D eigenvalue weighted by Gasteiger charge is 2.12. The van der Waals surface area contributed by atoms with Crippen LogP contribution in [0, 0.1) is 11.6 Å². The van der Waals surface area contributed by atoms with Gasteiger partial charge in [0, 0.05) is 11.3 Å². The zero-order chi connectivity index (χ0) is 14.0. The Morgan fingerprint density at radius 2 is 1.89 bits per heavy atom. The molecule has 0 amide bonds. The topological polar surface area (TPSA) is 32.3 Å². The molecule has 0 aliphatic carbocycles. The van der Waals surface area contributed by atoms with Crippen LogP contribution >= 0.6 is 15.9 Å². The quantitative estimate of drug-likeness (QED) is 0.863. The van der Waals surface area contributed by atoms with Crippen molar-refractivity contribution < 1.29 is 13.9 Å². The fourth-order valence-corrected chi connectivity index (χ4v) is 2.03. The molecule has 0 radical (unpaired) electrons. The minimum absolute atomic E-state index is 0.000941. The van der Waals surface area contributed by atoms with Crippen LogP contribution in [0.1, 0.15) is 18.5 Å². The summed E-state index contributed by atoms with van der Waals surface area (Å²) in [5.74, 6) is -0.817. The lowest BCUT2D eigenvalue weighted by Crippen LogP contribution is -2.07. The molecule has 19 heavy (non-hydrogen) atoms. The van der Waals surface area contributed by atoms with E-state index in [2.05, 4.69) is 21.2 Å². The van der Waals surface area contributed by atoms with Crippen molar-refractivity contribution in [2.24, 2.45) is 0 Å². The number of anilines is 1. The third kappa shape index (κ3) is 3.23. The van der Waals surface area contributed by atoms with E-state index in [-0.39, 0.29) is 17.6 Å². The summed E-state index contributed by atoms with van der Waals surface area (Å²) < 4.78 is 26.9. The number of benzene rings is 2. The van der Waals surface area contributed by atoms with E-state index in [0.717, 1.165) is 0 Å². The molecule has 0 aromatic heterocycles. The standard InChI is InChI=1S/C14H12BrF2NO/c1-8(11-6-9(16)2-5-14(11)19)18-10-3-4-12(15)13(17)7-10/h2-8,18-19H,1H3. The SMILES string of the molecule is CC(Nc1ccc(Br)c(F)c1)c1cc(F)ccc1O. The maximum absolute atomic E-state index is 13.4. The fraction of sp³-hybridized carbons (Fsp3) is 0.143. The molecule has 2 rings (SSSR count). The summed E-state index contributed by atoms with van der Waals surface area (Å²) in [6.07, 6.45) is 0. The molecule has 2 aromatic carbocycles. The van der Waals surface area contributed by atoms with Gasteiger partial charge in [-0.15, -0.1) is 0 Å². The van der Waals surface area contributed by atoms with Crippen LogP contribution in [0.25, 0.3) is 0 Å². The zero-order valence-corrected chi connectivity index (χ0v) is 11.7. The molecule has 1 unspecified atom stereocenters. The molecule has 2 nitrogen and oxygen atoms in total. The van der Waals surface area contributed by atoms with Gasteiger partial charge in [-0.1, -0.05) is 0 Å². The Balaban J connectivity index is 2.22. The Morgan fingerprint density at radius 3 is 2.58 bits per heavy atom.